The van der Waals surface area contributed by atoms with Gasteiger partial charge in [0.2, 0.25) is 5.78 Å². The van der Waals surface area contributed by atoms with Crippen molar-refractivity contribution < 1.29 is 19.0 Å². The van der Waals surface area contributed by atoms with Gasteiger partial charge in [0.05, 0.1) is 18.8 Å². The van der Waals surface area contributed by atoms with Crippen LogP contribution in [0.25, 0.3) is 6.08 Å². The molecular weight excluding hydrogens is 292 g/mol. The van der Waals surface area contributed by atoms with E-state index >= 15 is 0 Å². The number of fused-ring (bicyclic) bond motifs is 1. The summed E-state index contributed by atoms with van der Waals surface area (Å²) in [6.45, 7) is 3.91. The largest absolute Gasteiger partial charge is 0.497 e. The molecule has 0 saturated carbocycles. The minimum atomic E-state index is -0.119. The number of methoxy groups -OCH3 is 1. The Morgan fingerprint density at radius 3 is 2.39 bits per heavy atom. The molecule has 0 atom stereocenters. The number of rotatable bonds is 4. The summed E-state index contributed by atoms with van der Waals surface area (Å²) in [5.74, 6) is 2.19. The fourth-order valence-electron chi connectivity index (χ4n) is 2.36. The minimum Gasteiger partial charge on any atom is -0.497 e. The SMILES string of the molecule is COc1ccc(/C=C2\Oc3cc(OC(C)C)ccc3C2=O)cc1. The Morgan fingerprint density at radius 1 is 1.04 bits per heavy atom. The first kappa shape index (κ1) is 15.2. The van der Waals surface area contributed by atoms with Crippen molar-refractivity contribution in [3.8, 4) is 17.2 Å². The summed E-state index contributed by atoms with van der Waals surface area (Å²) in [6, 6.07) is 12.7. The molecule has 0 aromatic heterocycles. The van der Waals surface area contributed by atoms with Gasteiger partial charge in [-0.1, -0.05) is 12.1 Å². The van der Waals surface area contributed by atoms with Crippen LogP contribution in [0.5, 0.6) is 17.2 Å². The highest BCUT2D eigenvalue weighted by molar-refractivity contribution is 6.14. The molecule has 118 valence electrons. The predicted octanol–water partition coefficient (Wildman–Crippen LogP) is 4.10. The van der Waals surface area contributed by atoms with E-state index in [0.29, 0.717) is 22.8 Å². The number of hydrogen-bond acceptors (Lipinski definition) is 4. The molecule has 4 nitrogen and oxygen atoms in total. The van der Waals surface area contributed by atoms with Gasteiger partial charge in [-0.3, -0.25) is 4.79 Å². The summed E-state index contributed by atoms with van der Waals surface area (Å²) in [5.41, 5.74) is 1.43. The zero-order chi connectivity index (χ0) is 16.4. The van der Waals surface area contributed by atoms with Crippen LogP contribution in [0.2, 0.25) is 0 Å². The molecule has 0 fully saturated rings. The Bertz CT molecular complexity index is 757. The van der Waals surface area contributed by atoms with E-state index in [1.807, 2.05) is 38.1 Å². The van der Waals surface area contributed by atoms with Crippen molar-refractivity contribution in [3.05, 3.63) is 59.4 Å². The number of allylic oxidation sites excluding steroid dienone is 1. The van der Waals surface area contributed by atoms with Gasteiger partial charge < -0.3 is 14.2 Å². The molecule has 2 aromatic rings. The molecule has 0 spiro atoms. The fraction of sp³-hybridized carbons (Fsp3) is 0.211. The standard InChI is InChI=1S/C19H18O4/c1-12(2)22-15-8-9-16-17(11-15)23-18(19(16)20)10-13-4-6-14(21-3)7-5-13/h4-12H,1-3H3/b18-10-. The van der Waals surface area contributed by atoms with Gasteiger partial charge >= 0.3 is 0 Å². The van der Waals surface area contributed by atoms with Crippen molar-refractivity contribution in [2.75, 3.05) is 7.11 Å². The number of benzene rings is 2. The van der Waals surface area contributed by atoms with Gasteiger partial charge in [-0.2, -0.15) is 0 Å². The van der Waals surface area contributed by atoms with Crippen molar-refractivity contribution in [1.82, 2.24) is 0 Å². The summed E-state index contributed by atoms with van der Waals surface area (Å²) in [4.78, 5) is 12.4. The number of carbonyl (C=O) groups excluding carboxylic acids is 1. The Balaban J connectivity index is 1.85. The van der Waals surface area contributed by atoms with Gasteiger partial charge in [0.15, 0.2) is 5.76 Å². The zero-order valence-electron chi connectivity index (χ0n) is 13.3. The fourth-order valence-corrected chi connectivity index (χ4v) is 2.36. The third-order valence-corrected chi connectivity index (χ3v) is 3.43. The van der Waals surface area contributed by atoms with E-state index in [-0.39, 0.29) is 11.9 Å². The second-order valence-corrected chi connectivity index (χ2v) is 5.54. The number of hydrogen-bond donors (Lipinski definition) is 0. The Hall–Kier alpha value is -2.75. The van der Waals surface area contributed by atoms with Crippen LogP contribution in [0, 0.1) is 0 Å². The second-order valence-electron chi connectivity index (χ2n) is 5.54. The van der Waals surface area contributed by atoms with E-state index in [9.17, 15) is 4.79 Å². The van der Waals surface area contributed by atoms with Gasteiger partial charge in [0.25, 0.3) is 0 Å². The van der Waals surface area contributed by atoms with E-state index in [4.69, 9.17) is 14.2 Å². The molecule has 0 radical (unpaired) electrons. The van der Waals surface area contributed by atoms with E-state index < -0.39 is 0 Å². The summed E-state index contributed by atoms with van der Waals surface area (Å²) in [7, 11) is 1.62. The molecule has 0 amide bonds. The van der Waals surface area contributed by atoms with E-state index in [1.54, 1.807) is 31.4 Å². The van der Waals surface area contributed by atoms with E-state index in [1.165, 1.54) is 0 Å². The molecule has 0 aliphatic carbocycles. The predicted molar refractivity (Wildman–Crippen MR) is 88.1 cm³/mol. The highest BCUT2D eigenvalue weighted by Crippen LogP contribution is 2.35. The van der Waals surface area contributed by atoms with Crippen LogP contribution in [-0.2, 0) is 0 Å². The molecule has 0 unspecified atom stereocenters. The quantitative estimate of drug-likeness (QED) is 0.798. The smallest absolute Gasteiger partial charge is 0.231 e. The van der Waals surface area contributed by atoms with Crippen LogP contribution in [0.3, 0.4) is 0 Å². The van der Waals surface area contributed by atoms with Crippen LogP contribution < -0.4 is 14.2 Å². The van der Waals surface area contributed by atoms with E-state index in [0.717, 1.165) is 11.3 Å². The van der Waals surface area contributed by atoms with Crippen LogP contribution in [-0.4, -0.2) is 19.0 Å². The summed E-state index contributed by atoms with van der Waals surface area (Å²) < 4.78 is 16.5. The lowest BCUT2D eigenvalue weighted by Gasteiger charge is -2.09. The van der Waals surface area contributed by atoms with Crippen molar-refractivity contribution >= 4 is 11.9 Å². The van der Waals surface area contributed by atoms with E-state index in [2.05, 4.69) is 0 Å². The first-order chi connectivity index (χ1) is 11.1. The van der Waals surface area contributed by atoms with Gasteiger partial charge in [0.1, 0.15) is 17.2 Å². The third-order valence-electron chi connectivity index (χ3n) is 3.43. The molecule has 3 rings (SSSR count). The van der Waals surface area contributed by atoms with Crippen molar-refractivity contribution in [1.29, 1.82) is 0 Å². The maximum Gasteiger partial charge on any atom is 0.231 e. The molecule has 23 heavy (non-hydrogen) atoms. The van der Waals surface area contributed by atoms with Gasteiger partial charge in [-0.15, -0.1) is 0 Å². The third kappa shape index (κ3) is 3.21. The molecule has 0 saturated heterocycles. The Kier molecular flexibility index (Phi) is 4.06. The van der Waals surface area contributed by atoms with Gasteiger partial charge in [-0.05, 0) is 49.8 Å². The molecule has 1 aliphatic heterocycles. The summed E-state index contributed by atoms with van der Waals surface area (Å²) in [5, 5.41) is 0. The number of ketones is 1. The van der Waals surface area contributed by atoms with Gasteiger partial charge in [0, 0.05) is 6.07 Å². The van der Waals surface area contributed by atoms with Gasteiger partial charge in [-0.25, -0.2) is 0 Å². The molecule has 0 bridgehead atoms. The molecule has 2 aromatic carbocycles. The van der Waals surface area contributed by atoms with Crippen LogP contribution >= 0.6 is 0 Å². The normalized spacial score (nSPS) is 14.8. The maximum absolute atomic E-state index is 12.4. The molecule has 1 aliphatic rings. The summed E-state index contributed by atoms with van der Waals surface area (Å²) in [6.07, 6.45) is 1.80. The average Bonchev–Trinajstić information content (AvgIpc) is 2.83. The Labute approximate surface area is 135 Å². The topological polar surface area (TPSA) is 44.8 Å². The summed E-state index contributed by atoms with van der Waals surface area (Å²) >= 11 is 0. The lowest BCUT2D eigenvalue weighted by molar-refractivity contribution is 0.101. The average molecular weight is 310 g/mol. The monoisotopic (exact) mass is 310 g/mol. The van der Waals surface area contributed by atoms with Crippen LogP contribution in [0.1, 0.15) is 29.8 Å². The lowest BCUT2D eigenvalue weighted by Crippen LogP contribution is -2.05. The highest BCUT2D eigenvalue weighted by Gasteiger charge is 2.27. The maximum atomic E-state index is 12.4. The van der Waals surface area contributed by atoms with Crippen LogP contribution in [0.4, 0.5) is 0 Å². The first-order valence-corrected chi connectivity index (χ1v) is 7.46. The number of ether oxygens (including phenoxy) is 3. The zero-order valence-corrected chi connectivity index (χ0v) is 13.3. The molecule has 1 heterocycles. The minimum absolute atomic E-state index is 0.0690. The molecular formula is C19H18O4. The highest BCUT2D eigenvalue weighted by atomic mass is 16.5. The van der Waals surface area contributed by atoms with Crippen molar-refractivity contribution in [3.63, 3.8) is 0 Å². The molecule has 4 heteroatoms. The number of Topliss-reactive ketones (excluding diaryl/α,β-unsaturated/α-hetero) is 1. The molecule has 0 N–H and O–H groups in total. The number of carbonyl (C=O) groups is 1. The lowest BCUT2D eigenvalue weighted by atomic mass is 10.1. The second kappa shape index (κ2) is 6.16. The Morgan fingerprint density at radius 2 is 1.74 bits per heavy atom. The van der Waals surface area contributed by atoms with Crippen molar-refractivity contribution in [2.45, 2.75) is 20.0 Å². The van der Waals surface area contributed by atoms with Crippen molar-refractivity contribution in [2.24, 2.45) is 0 Å². The van der Waals surface area contributed by atoms with Crippen LogP contribution in [0.15, 0.2) is 48.2 Å². The first-order valence-electron chi connectivity index (χ1n) is 7.46.